The van der Waals surface area contributed by atoms with Crippen LogP contribution in [0.1, 0.15) is 30.7 Å². The number of nitrogens with one attached hydrogen (secondary N) is 1. The lowest BCUT2D eigenvalue weighted by Crippen LogP contribution is -2.41. The average Bonchev–Trinajstić information content (AvgIpc) is 3.54. The number of carbonyl (C=O) groups is 1. The van der Waals surface area contributed by atoms with Crippen molar-refractivity contribution in [2.24, 2.45) is 16.2 Å². The highest BCUT2D eigenvalue weighted by molar-refractivity contribution is 7.96. The van der Waals surface area contributed by atoms with E-state index in [1.165, 1.54) is 36.4 Å². The molecule has 0 bridgehead atoms. The number of nitrogens with zero attached hydrogens (tertiary/aromatic N) is 2. The summed E-state index contributed by atoms with van der Waals surface area (Å²) in [7, 11) is 1.79. The first-order valence-electron chi connectivity index (χ1n) is 10.4. The van der Waals surface area contributed by atoms with Crippen LogP contribution in [-0.4, -0.2) is 37.2 Å². The van der Waals surface area contributed by atoms with Gasteiger partial charge in [-0.15, -0.1) is 0 Å². The van der Waals surface area contributed by atoms with Crippen LogP contribution in [0, 0.1) is 29.3 Å². The van der Waals surface area contributed by atoms with E-state index in [0.29, 0.717) is 19.5 Å². The molecule has 4 nitrogen and oxygen atoms in total. The highest BCUT2D eigenvalue weighted by Gasteiger charge is 2.48. The number of halogens is 3. The molecule has 1 amide bonds. The number of hydrogen-bond donors (Lipinski definition) is 1. The molecule has 1 saturated heterocycles. The summed E-state index contributed by atoms with van der Waals surface area (Å²) in [5.41, 5.74) is 0.167. The summed E-state index contributed by atoms with van der Waals surface area (Å²) in [6, 6.07) is 7.84. The van der Waals surface area contributed by atoms with Crippen LogP contribution in [0.5, 0.6) is 0 Å². The van der Waals surface area contributed by atoms with Gasteiger partial charge in [0.15, 0.2) is 0 Å². The molecule has 1 unspecified atom stereocenters. The Labute approximate surface area is 184 Å². The van der Waals surface area contributed by atoms with Crippen LogP contribution in [0.3, 0.4) is 0 Å². The second-order valence-corrected chi connectivity index (χ2v) is 8.78. The fraction of sp³-hybridized carbons (Fsp3) is 0.391. The van der Waals surface area contributed by atoms with E-state index in [-0.39, 0.29) is 40.4 Å². The number of rotatable bonds is 6. The molecule has 1 N–H and O–H groups in total. The number of carbonyl (C=O) groups excluding carboxylic acids is 1. The Balaban J connectivity index is 1.54. The number of benzene rings is 2. The summed E-state index contributed by atoms with van der Waals surface area (Å²) >= 11 is 1.24. The third kappa shape index (κ3) is 4.65. The average molecular weight is 448 g/mol. The first-order chi connectivity index (χ1) is 15.0. The van der Waals surface area contributed by atoms with E-state index in [2.05, 4.69) is 9.12 Å². The minimum absolute atomic E-state index is 0.0208. The molecule has 2 fully saturated rings. The third-order valence-electron chi connectivity index (χ3n) is 5.95. The molecule has 1 aliphatic carbocycles. The maximum Gasteiger partial charge on any atom is 0.226 e. The summed E-state index contributed by atoms with van der Waals surface area (Å²) in [4.78, 5) is 14.9. The van der Waals surface area contributed by atoms with Crippen LogP contribution < -0.4 is 4.72 Å². The SMILES string of the molecule is CNSN=CC1CCCN(C(=O)[C@@H]2C[C@H]2c2c(F)cccc2-c2c(F)cccc2F)C1. The monoisotopic (exact) mass is 447 g/mol. The van der Waals surface area contributed by atoms with E-state index in [9.17, 15) is 18.0 Å². The maximum absolute atomic E-state index is 14.8. The van der Waals surface area contributed by atoms with Crippen molar-refractivity contribution in [2.75, 3.05) is 20.1 Å². The Hall–Kier alpha value is -2.32. The summed E-state index contributed by atoms with van der Waals surface area (Å²) in [6.45, 7) is 1.25. The van der Waals surface area contributed by atoms with Crippen LogP contribution >= 0.6 is 12.1 Å². The van der Waals surface area contributed by atoms with Gasteiger partial charge in [0.2, 0.25) is 5.91 Å². The van der Waals surface area contributed by atoms with E-state index in [0.717, 1.165) is 25.0 Å². The molecule has 4 rings (SSSR count). The van der Waals surface area contributed by atoms with Crippen LogP contribution in [0.4, 0.5) is 13.2 Å². The van der Waals surface area contributed by atoms with Gasteiger partial charge in [0.1, 0.15) is 17.5 Å². The maximum atomic E-state index is 14.8. The molecule has 2 aliphatic rings. The topological polar surface area (TPSA) is 44.7 Å². The van der Waals surface area contributed by atoms with Gasteiger partial charge in [-0.25, -0.2) is 22.3 Å². The van der Waals surface area contributed by atoms with Gasteiger partial charge in [-0.05, 0) is 61.6 Å². The van der Waals surface area contributed by atoms with Crippen molar-refractivity contribution < 1.29 is 18.0 Å². The van der Waals surface area contributed by atoms with Gasteiger partial charge in [0.25, 0.3) is 0 Å². The van der Waals surface area contributed by atoms with Crippen molar-refractivity contribution in [3.8, 4) is 11.1 Å². The lowest BCUT2D eigenvalue weighted by molar-refractivity contribution is -0.134. The van der Waals surface area contributed by atoms with Crippen molar-refractivity contribution in [1.29, 1.82) is 0 Å². The van der Waals surface area contributed by atoms with Gasteiger partial charge in [-0.3, -0.25) is 4.79 Å². The van der Waals surface area contributed by atoms with Gasteiger partial charge in [-0.2, -0.15) is 0 Å². The number of piperidine rings is 1. The molecule has 1 saturated carbocycles. The Kier molecular flexibility index (Phi) is 6.67. The molecule has 1 heterocycles. The van der Waals surface area contributed by atoms with Crippen molar-refractivity contribution in [3.63, 3.8) is 0 Å². The molecule has 1 aliphatic heterocycles. The van der Waals surface area contributed by atoms with Crippen molar-refractivity contribution in [2.45, 2.75) is 25.2 Å². The molecule has 31 heavy (non-hydrogen) atoms. The zero-order valence-corrected chi connectivity index (χ0v) is 18.0. The van der Waals surface area contributed by atoms with Gasteiger partial charge < -0.3 is 4.90 Å². The summed E-state index contributed by atoms with van der Waals surface area (Å²) in [5, 5.41) is 0. The first-order valence-corrected chi connectivity index (χ1v) is 11.2. The number of amides is 1. The van der Waals surface area contributed by atoms with E-state index in [1.807, 2.05) is 11.1 Å². The predicted octanol–water partition coefficient (Wildman–Crippen LogP) is 4.97. The second-order valence-electron chi connectivity index (χ2n) is 7.98. The van der Waals surface area contributed by atoms with Gasteiger partial charge in [0, 0.05) is 31.1 Å². The third-order valence-corrected chi connectivity index (χ3v) is 6.36. The lowest BCUT2D eigenvalue weighted by atomic mass is 9.94. The summed E-state index contributed by atoms with van der Waals surface area (Å²) in [6.07, 6.45) is 4.19. The van der Waals surface area contributed by atoms with Crippen LogP contribution in [-0.2, 0) is 4.79 Å². The fourth-order valence-corrected chi connectivity index (χ4v) is 4.75. The predicted molar refractivity (Wildman–Crippen MR) is 117 cm³/mol. The Morgan fingerprint density at radius 2 is 1.87 bits per heavy atom. The van der Waals surface area contributed by atoms with E-state index >= 15 is 0 Å². The van der Waals surface area contributed by atoms with Crippen molar-refractivity contribution >= 4 is 24.3 Å². The largest absolute Gasteiger partial charge is 0.342 e. The fourth-order valence-electron chi connectivity index (χ4n) is 4.41. The quantitative estimate of drug-likeness (QED) is 0.503. The minimum Gasteiger partial charge on any atom is -0.342 e. The smallest absolute Gasteiger partial charge is 0.226 e. The van der Waals surface area contributed by atoms with Gasteiger partial charge in [0.05, 0.1) is 17.7 Å². The van der Waals surface area contributed by atoms with E-state index in [4.69, 9.17) is 0 Å². The van der Waals surface area contributed by atoms with Gasteiger partial charge in [-0.1, -0.05) is 18.2 Å². The Morgan fingerprint density at radius 3 is 2.61 bits per heavy atom. The molecular formula is C23H24F3N3OS. The molecule has 164 valence electrons. The molecule has 0 radical (unpaired) electrons. The lowest BCUT2D eigenvalue weighted by Gasteiger charge is -2.31. The van der Waals surface area contributed by atoms with Crippen LogP contribution in [0.15, 0.2) is 40.8 Å². The molecule has 2 aromatic rings. The normalized spacial score (nSPS) is 23.4. The number of likely N-dealkylation sites (tertiary alicyclic amines) is 1. The highest BCUT2D eigenvalue weighted by Crippen LogP contribution is 2.52. The van der Waals surface area contributed by atoms with Crippen molar-refractivity contribution in [1.82, 2.24) is 9.62 Å². The van der Waals surface area contributed by atoms with E-state index < -0.39 is 17.5 Å². The first kappa shape index (κ1) is 21.9. The van der Waals surface area contributed by atoms with E-state index in [1.54, 1.807) is 7.05 Å². The molecule has 0 aromatic heterocycles. The number of hydrogen-bond acceptors (Lipinski definition) is 4. The molecule has 3 atom stereocenters. The molecule has 2 aromatic carbocycles. The minimum atomic E-state index is -0.743. The molecular weight excluding hydrogens is 423 g/mol. The summed E-state index contributed by atoms with van der Waals surface area (Å²) < 4.78 is 50.7. The Morgan fingerprint density at radius 1 is 1.16 bits per heavy atom. The zero-order chi connectivity index (χ0) is 22.0. The van der Waals surface area contributed by atoms with Crippen LogP contribution in [0.2, 0.25) is 0 Å². The molecule has 0 spiro atoms. The highest BCUT2D eigenvalue weighted by atomic mass is 32.2. The van der Waals surface area contributed by atoms with Crippen molar-refractivity contribution in [3.05, 3.63) is 59.4 Å². The summed E-state index contributed by atoms with van der Waals surface area (Å²) in [5.74, 6) is -2.60. The second kappa shape index (κ2) is 9.44. The van der Waals surface area contributed by atoms with Crippen LogP contribution in [0.25, 0.3) is 11.1 Å². The zero-order valence-electron chi connectivity index (χ0n) is 17.2. The molecule has 8 heteroatoms. The standard InChI is InChI=1S/C23H24F3N3OS/c1-27-31-28-12-14-5-4-10-29(13-14)23(30)17-11-16(17)21-15(6-2-7-18(21)24)22-19(25)8-3-9-20(22)26/h2-3,6-9,12,14,16-17,27H,4-5,10-11,13H2,1H3/t14?,16-,17-/m1/s1. The Bertz CT molecular complexity index is 980. The van der Waals surface area contributed by atoms with Gasteiger partial charge >= 0.3 is 0 Å².